The lowest BCUT2D eigenvalue weighted by atomic mass is 10.2. The Hall–Kier alpha value is -2.81. The number of nitro groups is 1. The molecule has 1 unspecified atom stereocenters. The number of carboxylic acids is 1. The van der Waals surface area contributed by atoms with E-state index in [0.717, 1.165) is 0 Å². The molecule has 9 nitrogen and oxygen atoms in total. The van der Waals surface area contributed by atoms with Gasteiger partial charge in [-0.15, -0.1) is 0 Å². The van der Waals surface area contributed by atoms with Crippen molar-refractivity contribution in [1.82, 2.24) is 15.3 Å². The number of nitrogens with zero attached hydrogens (tertiary/aromatic N) is 4. The molecule has 1 aromatic heterocycles. The molecule has 1 atom stereocenters. The summed E-state index contributed by atoms with van der Waals surface area (Å²) in [6.07, 6.45) is 1.51. The number of nitrogens with one attached hydrogen (secondary N) is 1. The Labute approximate surface area is 124 Å². The zero-order valence-electron chi connectivity index (χ0n) is 11.5. The van der Waals surface area contributed by atoms with Gasteiger partial charge in [0.25, 0.3) is 5.69 Å². The summed E-state index contributed by atoms with van der Waals surface area (Å²) in [5.41, 5.74) is 0.930. The van der Waals surface area contributed by atoms with Gasteiger partial charge in [0, 0.05) is 31.8 Å². The van der Waals surface area contributed by atoms with Crippen LogP contribution in [-0.2, 0) is 4.79 Å². The molecule has 0 bridgehead atoms. The molecule has 1 saturated heterocycles. The van der Waals surface area contributed by atoms with Gasteiger partial charge < -0.3 is 15.3 Å². The van der Waals surface area contributed by atoms with Crippen LogP contribution in [0.25, 0.3) is 11.0 Å². The van der Waals surface area contributed by atoms with E-state index in [0.29, 0.717) is 36.5 Å². The molecule has 0 aliphatic carbocycles. The Kier molecular flexibility index (Phi) is 3.55. The quantitative estimate of drug-likeness (QED) is 0.617. The third-order valence-corrected chi connectivity index (χ3v) is 3.52. The summed E-state index contributed by atoms with van der Waals surface area (Å²) in [4.78, 5) is 31.8. The molecule has 0 spiro atoms. The molecule has 2 heterocycles. The highest BCUT2D eigenvalue weighted by atomic mass is 16.6. The number of hydrogen-bond acceptors (Lipinski definition) is 7. The Balaban J connectivity index is 1.90. The average molecular weight is 303 g/mol. The standard InChI is InChI=1S/C13H13N5O4/c19-13(20)11-7-17(4-3-14-11)12-6-15-10-5-8(18(21)22)1-2-9(10)16-12/h1-2,5-6,11,14H,3-4,7H2,(H,19,20). The number of carbonyl (C=O) groups is 1. The van der Waals surface area contributed by atoms with Crippen molar-refractivity contribution in [2.75, 3.05) is 24.5 Å². The molecule has 9 heteroatoms. The first-order valence-corrected chi connectivity index (χ1v) is 6.67. The lowest BCUT2D eigenvalue weighted by molar-refractivity contribution is -0.384. The van der Waals surface area contributed by atoms with Crippen LogP contribution in [0.15, 0.2) is 24.4 Å². The molecule has 1 fully saturated rings. The van der Waals surface area contributed by atoms with Crippen LogP contribution in [-0.4, -0.2) is 51.6 Å². The molecule has 22 heavy (non-hydrogen) atoms. The number of benzene rings is 1. The molecular formula is C13H13N5O4. The van der Waals surface area contributed by atoms with Gasteiger partial charge in [0.2, 0.25) is 0 Å². The maximum absolute atomic E-state index is 11.1. The van der Waals surface area contributed by atoms with Crippen LogP contribution < -0.4 is 10.2 Å². The van der Waals surface area contributed by atoms with Gasteiger partial charge in [-0.05, 0) is 6.07 Å². The Morgan fingerprint density at radius 3 is 3.00 bits per heavy atom. The Morgan fingerprint density at radius 2 is 2.27 bits per heavy atom. The number of fused-ring (bicyclic) bond motifs is 1. The maximum atomic E-state index is 11.1. The molecule has 1 aliphatic heterocycles. The number of anilines is 1. The van der Waals surface area contributed by atoms with Gasteiger partial charge in [-0.3, -0.25) is 19.9 Å². The molecule has 2 aromatic rings. The number of rotatable bonds is 3. The highest BCUT2D eigenvalue weighted by Crippen LogP contribution is 2.21. The zero-order valence-corrected chi connectivity index (χ0v) is 11.5. The minimum absolute atomic E-state index is 0.0392. The van der Waals surface area contributed by atoms with E-state index in [1.165, 1.54) is 18.3 Å². The number of aromatic nitrogens is 2. The fraction of sp³-hybridized carbons (Fsp3) is 0.308. The molecule has 3 rings (SSSR count). The van der Waals surface area contributed by atoms with E-state index in [1.807, 2.05) is 4.90 Å². The highest BCUT2D eigenvalue weighted by molar-refractivity contribution is 5.78. The normalized spacial score (nSPS) is 18.4. The summed E-state index contributed by atoms with van der Waals surface area (Å²) in [6, 6.07) is 3.63. The van der Waals surface area contributed by atoms with E-state index in [2.05, 4.69) is 15.3 Å². The predicted molar refractivity (Wildman–Crippen MR) is 77.8 cm³/mol. The second kappa shape index (κ2) is 5.53. The smallest absolute Gasteiger partial charge is 0.322 e. The van der Waals surface area contributed by atoms with Gasteiger partial charge in [-0.1, -0.05) is 0 Å². The van der Waals surface area contributed by atoms with Crippen LogP contribution in [0.5, 0.6) is 0 Å². The Bertz CT molecular complexity index is 750. The summed E-state index contributed by atoms with van der Waals surface area (Å²) in [5.74, 6) is -0.344. The van der Waals surface area contributed by atoms with Crippen molar-refractivity contribution in [2.45, 2.75) is 6.04 Å². The SMILES string of the molecule is O=C(O)C1CN(c2cnc3cc([N+](=O)[O-])ccc3n2)CCN1. The lowest BCUT2D eigenvalue weighted by Gasteiger charge is -2.32. The van der Waals surface area contributed by atoms with Gasteiger partial charge >= 0.3 is 5.97 Å². The van der Waals surface area contributed by atoms with E-state index >= 15 is 0 Å². The lowest BCUT2D eigenvalue weighted by Crippen LogP contribution is -2.54. The maximum Gasteiger partial charge on any atom is 0.322 e. The van der Waals surface area contributed by atoms with Crippen LogP contribution in [0.2, 0.25) is 0 Å². The monoisotopic (exact) mass is 303 g/mol. The Morgan fingerprint density at radius 1 is 1.45 bits per heavy atom. The molecule has 1 aliphatic rings. The molecule has 0 amide bonds. The van der Waals surface area contributed by atoms with Crippen molar-refractivity contribution in [3.63, 3.8) is 0 Å². The van der Waals surface area contributed by atoms with Gasteiger partial charge in [0.15, 0.2) is 0 Å². The second-order valence-electron chi connectivity index (χ2n) is 4.95. The molecule has 0 radical (unpaired) electrons. The van der Waals surface area contributed by atoms with E-state index in [9.17, 15) is 14.9 Å². The van der Waals surface area contributed by atoms with Crippen LogP contribution in [0.4, 0.5) is 11.5 Å². The van der Waals surface area contributed by atoms with Crippen LogP contribution >= 0.6 is 0 Å². The molecule has 2 N–H and O–H groups in total. The largest absolute Gasteiger partial charge is 0.480 e. The van der Waals surface area contributed by atoms with E-state index < -0.39 is 16.9 Å². The highest BCUT2D eigenvalue weighted by Gasteiger charge is 2.25. The second-order valence-corrected chi connectivity index (χ2v) is 4.95. The van der Waals surface area contributed by atoms with Crippen LogP contribution in [0, 0.1) is 10.1 Å². The summed E-state index contributed by atoms with van der Waals surface area (Å²) < 4.78 is 0. The van der Waals surface area contributed by atoms with Crippen molar-refractivity contribution in [3.05, 3.63) is 34.5 Å². The van der Waals surface area contributed by atoms with E-state index in [4.69, 9.17) is 5.11 Å². The molecular weight excluding hydrogens is 290 g/mol. The fourth-order valence-electron chi connectivity index (χ4n) is 2.38. The number of piperazine rings is 1. The van der Waals surface area contributed by atoms with Crippen molar-refractivity contribution in [3.8, 4) is 0 Å². The molecule has 0 saturated carbocycles. The topological polar surface area (TPSA) is 121 Å². The third-order valence-electron chi connectivity index (χ3n) is 3.52. The average Bonchev–Trinajstić information content (AvgIpc) is 2.53. The third kappa shape index (κ3) is 2.66. The van der Waals surface area contributed by atoms with Crippen molar-refractivity contribution >= 4 is 28.5 Å². The van der Waals surface area contributed by atoms with E-state index in [1.54, 1.807) is 6.07 Å². The van der Waals surface area contributed by atoms with Crippen molar-refractivity contribution in [1.29, 1.82) is 0 Å². The first-order chi connectivity index (χ1) is 10.5. The number of non-ortho nitro benzene ring substituents is 1. The van der Waals surface area contributed by atoms with Gasteiger partial charge in [0.05, 0.1) is 22.2 Å². The zero-order chi connectivity index (χ0) is 15.7. The number of hydrogen-bond donors (Lipinski definition) is 2. The van der Waals surface area contributed by atoms with E-state index in [-0.39, 0.29) is 5.69 Å². The minimum Gasteiger partial charge on any atom is -0.480 e. The first kappa shape index (κ1) is 14.1. The van der Waals surface area contributed by atoms with Gasteiger partial charge in [-0.2, -0.15) is 0 Å². The number of nitro benzene ring substituents is 1. The number of carboxylic acid groups (broad SMARTS) is 1. The fourth-order valence-corrected chi connectivity index (χ4v) is 2.38. The molecule has 114 valence electrons. The van der Waals surface area contributed by atoms with Crippen molar-refractivity contribution < 1.29 is 14.8 Å². The van der Waals surface area contributed by atoms with Crippen LogP contribution in [0.1, 0.15) is 0 Å². The summed E-state index contributed by atoms with van der Waals surface area (Å²) in [6.45, 7) is 1.45. The van der Waals surface area contributed by atoms with Gasteiger partial charge in [0.1, 0.15) is 11.9 Å². The molecule has 1 aromatic carbocycles. The summed E-state index contributed by atoms with van der Waals surface area (Å²) in [7, 11) is 0. The number of aliphatic carboxylic acids is 1. The van der Waals surface area contributed by atoms with Crippen LogP contribution in [0.3, 0.4) is 0 Å². The summed E-state index contributed by atoms with van der Waals surface area (Å²) >= 11 is 0. The van der Waals surface area contributed by atoms with Crippen molar-refractivity contribution in [2.24, 2.45) is 0 Å². The van der Waals surface area contributed by atoms with Gasteiger partial charge in [-0.25, -0.2) is 4.98 Å². The minimum atomic E-state index is -0.908. The first-order valence-electron chi connectivity index (χ1n) is 6.67. The summed E-state index contributed by atoms with van der Waals surface area (Å²) in [5, 5.41) is 22.7. The predicted octanol–water partition coefficient (Wildman–Crippen LogP) is 0.401.